The topological polar surface area (TPSA) is 95.7 Å². The molecule has 104 valence electrons. The molecular formula is C12H17N3O4. The molecule has 1 heterocycles. The van der Waals surface area contributed by atoms with Crippen LogP contribution < -0.4 is 5.32 Å². The Bertz CT molecular complexity index is 469. The molecule has 2 N–H and O–H groups in total. The van der Waals surface area contributed by atoms with Crippen LogP contribution in [0.4, 0.5) is 4.79 Å². The zero-order chi connectivity index (χ0) is 14.4. The molecule has 1 unspecified atom stereocenters. The number of carbonyl (C=O) groups excluding carboxylic acids is 1. The van der Waals surface area contributed by atoms with E-state index >= 15 is 0 Å². The van der Waals surface area contributed by atoms with E-state index in [1.165, 1.54) is 6.08 Å². The number of nitrogens with one attached hydrogen (secondary N) is 1. The Balaban J connectivity index is 2.65. The molecule has 0 bridgehead atoms. The summed E-state index contributed by atoms with van der Waals surface area (Å²) >= 11 is 0. The summed E-state index contributed by atoms with van der Waals surface area (Å²) in [5.74, 6) is -0.0686. The zero-order valence-corrected chi connectivity index (χ0v) is 10.9. The number of rotatable bonds is 6. The highest BCUT2D eigenvalue weighted by atomic mass is 16.4. The number of carboxylic acid groups (broad SMARTS) is 1. The fourth-order valence-corrected chi connectivity index (χ4v) is 1.45. The molecule has 7 nitrogen and oxygen atoms in total. The van der Waals surface area contributed by atoms with E-state index in [2.05, 4.69) is 16.9 Å². The number of amides is 2. The number of hydrogen-bond acceptors (Lipinski definition) is 4. The molecule has 1 aromatic heterocycles. The highest BCUT2D eigenvalue weighted by Crippen LogP contribution is 2.12. The molecule has 2 amide bonds. The summed E-state index contributed by atoms with van der Waals surface area (Å²) < 4.78 is 5.29. The molecule has 19 heavy (non-hydrogen) atoms. The Hall–Kier alpha value is -2.31. The summed E-state index contributed by atoms with van der Waals surface area (Å²) in [6.45, 7) is 6.69. The predicted molar refractivity (Wildman–Crippen MR) is 67.6 cm³/mol. The van der Waals surface area contributed by atoms with E-state index in [1.807, 2.05) is 0 Å². The largest absolute Gasteiger partial charge is 0.480 e. The van der Waals surface area contributed by atoms with Gasteiger partial charge in [-0.05, 0) is 13.8 Å². The van der Waals surface area contributed by atoms with Gasteiger partial charge in [0.15, 0.2) is 0 Å². The van der Waals surface area contributed by atoms with E-state index in [0.717, 1.165) is 4.90 Å². The Labute approximate surface area is 110 Å². The van der Waals surface area contributed by atoms with Gasteiger partial charge < -0.3 is 19.7 Å². The van der Waals surface area contributed by atoms with Gasteiger partial charge in [0.05, 0.1) is 6.20 Å². The second-order valence-electron chi connectivity index (χ2n) is 4.04. The Morgan fingerprint density at radius 2 is 2.37 bits per heavy atom. The van der Waals surface area contributed by atoms with Gasteiger partial charge in [-0.2, -0.15) is 0 Å². The summed E-state index contributed by atoms with van der Waals surface area (Å²) in [6, 6.07) is -0.951. The van der Waals surface area contributed by atoms with Gasteiger partial charge in [-0.1, -0.05) is 6.08 Å². The molecule has 0 fully saturated rings. The number of aromatic nitrogens is 1. The maximum Gasteiger partial charge on any atom is 0.323 e. The van der Waals surface area contributed by atoms with Crippen molar-refractivity contribution in [1.82, 2.24) is 15.2 Å². The lowest BCUT2D eigenvalue weighted by molar-refractivity contribution is -0.137. The van der Waals surface area contributed by atoms with Crippen LogP contribution in [0.25, 0.3) is 0 Å². The van der Waals surface area contributed by atoms with E-state index < -0.39 is 24.6 Å². The van der Waals surface area contributed by atoms with Gasteiger partial charge in [0.2, 0.25) is 5.89 Å². The highest BCUT2D eigenvalue weighted by Gasteiger charge is 2.20. The summed E-state index contributed by atoms with van der Waals surface area (Å²) in [5, 5.41) is 11.3. The monoisotopic (exact) mass is 267 g/mol. The molecule has 1 rings (SSSR count). The van der Waals surface area contributed by atoms with E-state index in [9.17, 15) is 9.59 Å². The maximum atomic E-state index is 11.9. The number of carbonyl (C=O) groups is 2. The summed E-state index contributed by atoms with van der Waals surface area (Å²) in [4.78, 5) is 27.7. The Kier molecular flexibility index (Phi) is 5.11. The van der Waals surface area contributed by atoms with Crippen LogP contribution in [-0.2, 0) is 4.79 Å². The smallest absolute Gasteiger partial charge is 0.323 e. The average molecular weight is 267 g/mol. The molecule has 0 aliphatic heterocycles. The molecular weight excluding hydrogens is 250 g/mol. The van der Waals surface area contributed by atoms with Gasteiger partial charge >= 0.3 is 12.0 Å². The number of hydrogen-bond donors (Lipinski definition) is 2. The Morgan fingerprint density at radius 3 is 2.84 bits per heavy atom. The lowest BCUT2D eigenvalue weighted by atomic mass is 10.3. The molecule has 0 saturated carbocycles. The summed E-state index contributed by atoms with van der Waals surface area (Å²) in [7, 11) is 0. The first-order valence-electron chi connectivity index (χ1n) is 5.74. The normalized spacial score (nSPS) is 11.7. The van der Waals surface area contributed by atoms with Crippen molar-refractivity contribution in [3.05, 3.63) is 30.5 Å². The number of nitrogens with zero attached hydrogens (tertiary/aromatic N) is 2. The van der Waals surface area contributed by atoms with Gasteiger partial charge in [0.1, 0.15) is 18.3 Å². The summed E-state index contributed by atoms with van der Waals surface area (Å²) in [6.07, 6.45) is 3.01. The lowest BCUT2D eigenvalue weighted by Crippen LogP contribution is -2.43. The SMILES string of the molecule is C=CCN(CC(=O)O)C(=O)NC(C)c1ncc(C)o1. The molecule has 1 aromatic rings. The van der Waals surface area contributed by atoms with E-state index in [4.69, 9.17) is 9.52 Å². The van der Waals surface area contributed by atoms with Crippen LogP contribution in [0.5, 0.6) is 0 Å². The average Bonchev–Trinajstić information content (AvgIpc) is 2.74. The van der Waals surface area contributed by atoms with Crippen LogP contribution in [0.15, 0.2) is 23.3 Å². The van der Waals surface area contributed by atoms with E-state index in [-0.39, 0.29) is 6.54 Å². The third-order valence-electron chi connectivity index (χ3n) is 2.31. The van der Waals surface area contributed by atoms with Crippen molar-refractivity contribution in [2.75, 3.05) is 13.1 Å². The fourth-order valence-electron chi connectivity index (χ4n) is 1.45. The molecule has 0 aliphatic carbocycles. The first-order valence-corrected chi connectivity index (χ1v) is 5.74. The minimum Gasteiger partial charge on any atom is -0.480 e. The molecule has 0 aromatic carbocycles. The van der Waals surface area contributed by atoms with Crippen molar-refractivity contribution in [2.45, 2.75) is 19.9 Å². The standard InChI is InChI=1S/C12H17N3O4/c1-4-5-15(7-10(16)17)12(18)14-9(3)11-13-6-8(2)19-11/h4,6,9H,1,5,7H2,2-3H3,(H,14,18)(H,16,17). The van der Waals surface area contributed by atoms with Crippen LogP contribution >= 0.6 is 0 Å². The van der Waals surface area contributed by atoms with Gasteiger partial charge in [0.25, 0.3) is 0 Å². The lowest BCUT2D eigenvalue weighted by Gasteiger charge is -2.21. The van der Waals surface area contributed by atoms with Gasteiger partial charge in [-0.3, -0.25) is 4.79 Å². The summed E-state index contributed by atoms with van der Waals surface area (Å²) in [5.41, 5.74) is 0. The van der Waals surface area contributed by atoms with Crippen molar-refractivity contribution in [1.29, 1.82) is 0 Å². The van der Waals surface area contributed by atoms with E-state index in [1.54, 1.807) is 20.0 Å². The van der Waals surface area contributed by atoms with Gasteiger partial charge in [-0.15, -0.1) is 6.58 Å². The zero-order valence-electron chi connectivity index (χ0n) is 10.9. The number of aryl methyl sites for hydroxylation is 1. The molecule has 0 saturated heterocycles. The van der Waals surface area contributed by atoms with Crippen LogP contribution in [-0.4, -0.2) is 40.1 Å². The molecule has 7 heteroatoms. The molecule has 1 atom stereocenters. The number of aliphatic carboxylic acids is 1. The quantitative estimate of drug-likeness (QED) is 0.758. The number of urea groups is 1. The molecule has 0 aliphatic rings. The van der Waals surface area contributed by atoms with Crippen molar-refractivity contribution >= 4 is 12.0 Å². The van der Waals surface area contributed by atoms with Gasteiger partial charge in [-0.25, -0.2) is 9.78 Å². The van der Waals surface area contributed by atoms with Crippen molar-refractivity contribution in [3.8, 4) is 0 Å². The predicted octanol–water partition coefficient (Wildman–Crippen LogP) is 1.33. The second-order valence-corrected chi connectivity index (χ2v) is 4.04. The fraction of sp³-hybridized carbons (Fsp3) is 0.417. The Morgan fingerprint density at radius 1 is 1.68 bits per heavy atom. The third-order valence-corrected chi connectivity index (χ3v) is 2.31. The van der Waals surface area contributed by atoms with Crippen molar-refractivity contribution in [3.63, 3.8) is 0 Å². The minimum absolute atomic E-state index is 0.148. The van der Waals surface area contributed by atoms with Crippen LogP contribution in [0, 0.1) is 6.92 Å². The number of carboxylic acids is 1. The van der Waals surface area contributed by atoms with E-state index in [0.29, 0.717) is 11.7 Å². The first-order chi connectivity index (χ1) is 8.93. The minimum atomic E-state index is -1.09. The van der Waals surface area contributed by atoms with Crippen LogP contribution in [0.2, 0.25) is 0 Å². The van der Waals surface area contributed by atoms with Crippen molar-refractivity contribution < 1.29 is 19.1 Å². The van der Waals surface area contributed by atoms with Crippen LogP contribution in [0.1, 0.15) is 24.6 Å². The van der Waals surface area contributed by atoms with Crippen molar-refractivity contribution in [2.24, 2.45) is 0 Å². The number of oxazole rings is 1. The van der Waals surface area contributed by atoms with Gasteiger partial charge in [0, 0.05) is 6.54 Å². The highest BCUT2D eigenvalue weighted by molar-refractivity contribution is 5.80. The van der Waals surface area contributed by atoms with Crippen LogP contribution in [0.3, 0.4) is 0 Å². The molecule has 0 spiro atoms. The second kappa shape index (κ2) is 6.58. The third kappa shape index (κ3) is 4.46. The maximum absolute atomic E-state index is 11.9. The molecule has 0 radical (unpaired) electrons. The first kappa shape index (κ1) is 14.7.